The van der Waals surface area contributed by atoms with E-state index in [1.807, 2.05) is 48.2 Å². The van der Waals surface area contributed by atoms with Crippen LogP contribution in [0.15, 0.2) is 136 Å². The van der Waals surface area contributed by atoms with E-state index in [2.05, 4.69) is 25.8 Å². The molecule has 19 nitrogen and oxygen atoms in total. The van der Waals surface area contributed by atoms with Gasteiger partial charge >= 0.3 is 17.9 Å². The molecule has 0 saturated heterocycles. The monoisotopic (exact) mass is 831 g/mol. The number of hydrogen-bond acceptors (Lipinski definition) is 17. The van der Waals surface area contributed by atoms with Crippen LogP contribution in [0.3, 0.4) is 0 Å². The predicted molar refractivity (Wildman–Crippen MR) is 225 cm³/mol. The van der Waals surface area contributed by atoms with E-state index in [0.29, 0.717) is 42.4 Å². The molecule has 0 saturated carbocycles. The fraction of sp³-hybridized carbons (Fsp3) is 0.214. The fourth-order valence-corrected chi connectivity index (χ4v) is 5.35. The van der Waals surface area contributed by atoms with Crippen LogP contribution in [0.5, 0.6) is 0 Å². The van der Waals surface area contributed by atoms with Gasteiger partial charge in [0, 0.05) is 56.3 Å². The molecule has 0 bridgehead atoms. The molecule has 0 aromatic heterocycles. The van der Waals surface area contributed by atoms with Gasteiger partial charge in [-0.1, -0.05) is 0 Å². The van der Waals surface area contributed by atoms with Crippen molar-refractivity contribution in [2.75, 3.05) is 70.4 Å². The number of nitrogens with zero attached hydrogens (tertiary/aromatic N) is 8. The van der Waals surface area contributed by atoms with Gasteiger partial charge in [-0.2, -0.15) is 20.5 Å². The van der Waals surface area contributed by atoms with Crippen LogP contribution in [0.4, 0.5) is 45.5 Å². The summed E-state index contributed by atoms with van der Waals surface area (Å²) in [5, 5.41) is 41.1. The van der Waals surface area contributed by atoms with Gasteiger partial charge in [-0.25, -0.2) is 14.4 Å². The van der Waals surface area contributed by atoms with Crippen molar-refractivity contribution in [3.8, 4) is 0 Å². The lowest BCUT2D eigenvalue weighted by molar-refractivity contribution is -0.385. The van der Waals surface area contributed by atoms with E-state index in [9.17, 15) is 34.6 Å². The second-order valence-electron chi connectivity index (χ2n) is 13.1. The number of likely N-dealkylation sites (N-methyl/N-ethyl adjacent to an activating group) is 3. The van der Waals surface area contributed by atoms with Crippen molar-refractivity contribution in [1.29, 1.82) is 0 Å². The Morgan fingerprint density at radius 3 is 1.11 bits per heavy atom. The van der Waals surface area contributed by atoms with Crippen molar-refractivity contribution in [3.63, 3.8) is 0 Å². The van der Waals surface area contributed by atoms with E-state index < -0.39 is 27.8 Å². The molecular formula is C42H41N9O10. The molecule has 0 aliphatic carbocycles. The van der Waals surface area contributed by atoms with E-state index in [-0.39, 0.29) is 47.9 Å². The summed E-state index contributed by atoms with van der Waals surface area (Å²) in [6.45, 7) is 1.02. The largest absolute Gasteiger partial charge is 0.461 e. The van der Waals surface area contributed by atoms with Crippen LogP contribution in [-0.4, -0.2) is 88.4 Å². The van der Waals surface area contributed by atoms with Gasteiger partial charge in [-0.05, 0) is 98.0 Å². The molecule has 0 heterocycles. The summed E-state index contributed by atoms with van der Waals surface area (Å²) in [6.07, 6.45) is 0. The van der Waals surface area contributed by atoms with Gasteiger partial charge in [0.2, 0.25) is 0 Å². The molecule has 0 amide bonds. The number of carbonyl (C=O) groups is 3. The van der Waals surface area contributed by atoms with Gasteiger partial charge in [0.05, 0.1) is 62.4 Å². The zero-order valence-electron chi connectivity index (χ0n) is 33.4. The van der Waals surface area contributed by atoms with Gasteiger partial charge in [-0.3, -0.25) is 20.2 Å². The van der Waals surface area contributed by atoms with Crippen molar-refractivity contribution in [1.82, 2.24) is 5.32 Å². The molecule has 0 radical (unpaired) electrons. The summed E-state index contributed by atoms with van der Waals surface area (Å²) >= 11 is 0. The number of non-ortho nitro benzene ring substituents is 2. The molecule has 0 fully saturated rings. The average Bonchev–Trinajstić information content (AvgIpc) is 3.27. The minimum Gasteiger partial charge on any atom is -0.461 e. The Bertz CT molecular complexity index is 2220. The summed E-state index contributed by atoms with van der Waals surface area (Å²) in [6, 6.07) is 29.5. The van der Waals surface area contributed by atoms with E-state index >= 15 is 0 Å². The quantitative estimate of drug-likeness (QED) is 0.0194. The molecule has 5 aromatic carbocycles. The lowest BCUT2D eigenvalue weighted by Crippen LogP contribution is -2.24. The molecule has 0 spiro atoms. The van der Waals surface area contributed by atoms with Crippen molar-refractivity contribution >= 4 is 63.4 Å². The molecule has 1 N–H and O–H groups in total. The SMILES string of the molecule is CNCCOC(=O)c1cc(C(=O)OCCN(C)c2ccc(N=Nc3ccc([N+](=O)[O-])cc3)cc2)cc(C(=O)OCCN(C)c2ccc(N=Nc3ccc([N+](=O)[O-])cc3)cc2)c1. The molecule has 61 heavy (non-hydrogen) atoms. The van der Waals surface area contributed by atoms with Crippen LogP contribution in [0.1, 0.15) is 31.1 Å². The molecule has 314 valence electrons. The highest BCUT2D eigenvalue weighted by Crippen LogP contribution is 2.25. The van der Waals surface area contributed by atoms with Crippen molar-refractivity contribution in [2.24, 2.45) is 20.5 Å². The summed E-state index contributed by atoms with van der Waals surface area (Å²) in [5.74, 6) is -2.25. The number of rotatable bonds is 20. The van der Waals surface area contributed by atoms with E-state index in [1.54, 1.807) is 31.3 Å². The second-order valence-corrected chi connectivity index (χ2v) is 13.1. The predicted octanol–water partition coefficient (Wildman–Crippen LogP) is 8.30. The third-order valence-corrected chi connectivity index (χ3v) is 8.81. The highest BCUT2D eigenvalue weighted by Gasteiger charge is 2.20. The number of nitrogens with one attached hydrogen (secondary N) is 1. The topological polar surface area (TPSA) is 233 Å². The molecule has 0 aliphatic rings. The summed E-state index contributed by atoms with van der Waals surface area (Å²) in [5.41, 5.74) is 3.45. The Balaban J connectivity index is 1.14. The number of nitro groups is 2. The average molecular weight is 832 g/mol. The van der Waals surface area contributed by atoms with E-state index in [4.69, 9.17) is 14.2 Å². The van der Waals surface area contributed by atoms with Crippen LogP contribution in [0.2, 0.25) is 0 Å². The highest BCUT2D eigenvalue weighted by atomic mass is 16.6. The van der Waals surface area contributed by atoms with E-state index in [1.165, 1.54) is 66.7 Å². The van der Waals surface area contributed by atoms with E-state index in [0.717, 1.165) is 11.4 Å². The fourth-order valence-electron chi connectivity index (χ4n) is 5.35. The number of carbonyl (C=O) groups excluding carboxylic acids is 3. The molecule has 0 atom stereocenters. The minimum absolute atomic E-state index is 0.0243. The lowest BCUT2D eigenvalue weighted by Gasteiger charge is -2.19. The summed E-state index contributed by atoms with van der Waals surface area (Å²) in [7, 11) is 5.32. The number of ether oxygens (including phenoxy) is 3. The van der Waals surface area contributed by atoms with Gasteiger partial charge < -0.3 is 29.3 Å². The summed E-state index contributed by atoms with van der Waals surface area (Å²) < 4.78 is 16.3. The lowest BCUT2D eigenvalue weighted by atomic mass is 10.1. The summed E-state index contributed by atoms with van der Waals surface area (Å²) in [4.78, 5) is 63.8. The Morgan fingerprint density at radius 2 is 0.820 bits per heavy atom. The van der Waals surface area contributed by atoms with Gasteiger partial charge in [-0.15, -0.1) is 0 Å². The molecule has 19 heteroatoms. The van der Waals surface area contributed by atoms with Crippen LogP contribution in [-0.2, 0) is 14.2 Å². The molecule has 0 unspecified atom stereocenters. The zero-order chi connectivity index (χ0) is 43.7. The Hall–Kier alpha value is -7.93. The minimum atomic E-state index is -0.759. The maximum absolute atomic E-state index is 13.2. The molecular weight excluding hydrogens is 791 g/mol. The number of azo groups is 2. The van der Waals surface area contributed by atoms with Crippen molar-refractivity contribution < 1.29 is 38.4 Å². The normalized spacial score (nSPS) is 11.0. The van der Waals surface area contributed by atoms with Crippen LogP contribution in [0, 0.1) is 20.2 Å². The van der Waals surface area contributed by atoms with Crippen molar-refractivity contribution in [2.45, 2.75) is 0 Å². The first-order valence-electron chi connectivity index (χ1n) is 18.7. The van der Waals surface area contributed by atoms with Crippen LogP contribution in [0.25, 0.3) is 0 Å². The third-order valence-electron chi connectivity index (χ3n) is 8.81. The van der Waals surface area contributed by atoms with Gasteiger partial charge in [0.25, 0.3) is 11.4 Å². The first kappa shape index (κ1) is 44.2. The van der Waals surface area contributed by atoms with Crippen LogP contribution < -0.4 is 15.1 Å². The smallest absolute Gasteiger partial charge is 0.338 e. The first-order valence-corrected chi connectivity index (χ1v) is 18.7. The Kier molecular flexibility index (Phi) is 15.7. The highest BCUT2D eigenvalue weighted by molar-refractivity contribution is 6.00. The first-order chi connectivity index (χ1) is 29.4. The third kappa shape index (κ3) is 13.3. The number of nitro benzene ring substituents is 2. The molecule has 5 rings (SSSR count). The maximum atomic E-state index is 13.2. The maximum Gasteiger partial charge on any atom is 0.338 e. The Morgan fingerprint density at radius 1 is 0.525 bits per heavy atom. The number of anilines is 2. The number of benzene rings is 5. The Labute approximate surface area is 349 Å². The zero-order valence-corrected chi connectivity index (χ0v) is 33.4. The standard InChI is InChI=1S/C42H41N9O10/c1-43-20-23-59-40(52)29-26-30(41(53)60-24-21-48(2)36-12-4-32(5-13-36)44-46-34-8-16-38(17-9-34)50(55)56)28-31(27-29)42(54)61-25-22-49(3)37-14-6-33(7-15-37)45-47-35-10-18-39(19-11-35)51(57)58/h4-19,26-28,43H,20-25H2,1-3H3. The van der Waals surface area contributed by atoms with Crippen LogP contribution >= 0.6 is 0 Å². The number of esters is 3. The van der Waals surface area contributed by atoms with Gasteiger partial charge in [0.1, 0.15) is 19.8 Å². The van der Waals surface area contributed by atoms with Gasteiger partial charge in [0.15, 0.2) is 0 Å². The molecule has 0 aliphatic heterocycles. The second kappa shape index (κ2) is 21.7. The number of hydrogen-bond donors (Lipinski definition) is 1. The van der Waals surface area contributed by atoms with Crippen molar-refractivity contribution in [3.05, 3.63) is 152 Å². The molecule has 5 aromatic rings.